The zero-order valence-electron chi connectivity index (χ0n) is 10.6. The second kappa shape index (κ2) is 3.46. The van der Waals surface area contributed by atoms with Crippen LogP contribution in [0.2, 0.25) is 0 Å². The van der Waals surface area contributed by atoms with Gasteiger partial charge in [-0.1, -0.05) is 13.8 Å². The van der Waals surface area contributed by atoms with Gasteiger partial charge in [0.25, 0.3) is 0 Å². The van der Waals surface area contributed by atoms with E-state index < -0.39 is 40.9 Å². The van der Waals surface area contributed by atoms with Gasteiger partial charge in [0, 0.05) is 5.41 Å². The number of carbonyl (C=O) groups is 3. The summed E-state index contributed by atoms with van der Waals surface area (Å²) < 4.78 is 9.89. The van der Waals surface area contributed by atoms with Crippen molar-refractivity contribution < 1.29 is 29.0 Å². The molecule has 100 valence electrons. The van der Waals surface area contributed by atoms with E-state index in [4.69, 9.17) is 4.74 Å². The summed E-state index contributed by atoms with van der Waals surface area (Å²) in [7, 11) is 0. The van der Waals surface area contributed by atoms with Gasteiger partial charge >= 0.3 is 11.9 Å². The maximum absolute atomic E-state index is 12.0. The average molecular weight is 255 g/mol. The molecule has 1 aliphatic heterocycles. The number of fused-ring (bicyclic) bond motifs is 2. The predicted octanol–water partition coefficient (Wildman–Crippen LogP) is -0.599. The maximum Gasteiger partial charge on any atom is 0.351 e. The first-order valence-electron chi connectivity index (χ1n) is 5.78. The zero-order valence-corrected chi connectivity index (χ0v) is 10.6. The first-order chi connectivity index (χ1) is 8.17. The van der Waals surface area contributed by atoms with Gasteiger partial charge in [-0.3, -0.25) is 4.79 Å². The molecular weight excluding hydrogens is 240 g/mol. The van der Waals surface area contributed by atoms with E-state index in [0.717, 1.165) is 0 Å². The molecule has 1 aliphatic carbocycles. The summed E-state index contributed by atoms with van der Waals surface area (Å²) in [4.78, 5) is 34.2. The van der Waals surface area contributed by atoms with Crippen molar-refractivity contribution in [1.82, 2.24) is 0 Å². The normalized spacial score (nSPS) is 36.3. The number of carboxylic acid groups (broad SMARTS) is 1. The van der Waals surface area contributed by atoms with Crippen molar-refractivity contribution in [3.8, 4) is 0 Å². The molecule has 1 saturated carbocycles. The smallest absolute Gasteiger partial charge is 0.351 e. The Labute approximate surface area is 104 Å². The first kappa shape index (κ1) is 12.9. The molecule has 0 aromatic carbocycles. The minimum absolute atomic E-state index is 0.355. The van der Waals surface area contributed by atoms with Crippen LogP contribution in [0, 0.1) is 10.8 Å². The molecule has 2 bridgehead atoms. The van der Waals surface area contributed by atoms with Gasteiger partial charge in [0.1, 0.15) is 6.61 Å². The molecule has 1 heterocycles. The highest BCUT2D eigenvalue weighted by atomic mass is 16.6. The summed E-state index contributed by atoms with van der Waals surface area (Å²) in [5.74, 6) is -2.71. The van der Waals surface area contributed by atoms with Crippen LogP contribution < -0.4 is 5.11 Å². The summed E-state index contributed by atoms with van der Waals surface area (Å²) >= 11 is 0. The second-order valence-electron chi connectivity index (χ2n) is 5.62. The number of esters is 2. The number of hydrogen-bond donors (Lipinski definition) is 0. The van der Waals surface area contributed by atoms with Gasteiger partial charge in [-0.15, -0.1) is 0 Å². The van der Waals surface area contributed by atoms with Crippen LogP contribution in [0.25, 0.3) is 0 Å². The van der Waals surface area contributed by atoms with Gasteiger partial charge in [-0.05, 0) is 19.8 Å². The van der Waals surface area contributed by atoms with Crippen LogP contribution in [0.3, 0.4) is 0 Å². The number of hydrogen-bond acceptors (Lipinski definition) is 6. The van der Waals surface area contributed by atoms with Gasteiger partial charge in [-0.25, -0.2) is 4.79 Å². The van der Waals surface area contributed by atoms with Gasteiger partial charge in [0.05, 0.1) is 11.4 Å². The molecule has 18 heavy (non-hydrogen) atoms. The topological polar surface area (TPSA) is 92.7 Å². The molecule has 0 radical (unpaired) electrons. The van der Waals surface area contributed by atoms with Crippen molar-refractivity contribution in [3.63, 3.8) is 0 Å². The van der Waals surface area contributed by atoms with E-state index in [9.17, 15) is 19.5 Å². The van der Waals surface area contributed by atoms with Crippen molar-refractivity contribution in [1.29, 1.82) is 0 Å². The lowest BCUT2D eigenvalue weighted by Crippen LogP contribution is -2.49. The van der Waals surface area contributed by atoms with E-state index in [1.165, 1.54) is 0 Å². The number of carboxylic acids is 1. The molecule has 0 amide bonds. The fourth-order valence-corrected chi connectivity index (χ4v) is 2.94. The summed E-state index contributed by atoms with van der Waals surface area (Å²) in [5.41, 5.74) is -2.82. The lowest BCUT2D eigenvalue weighted by molar-refractivity contribution is -0.309. The molecule has 2 rings (SSSR count). The summed E-state index contributed by atoms with van der Waals surface area (Å²) in [6, 6.07) is 0. The summed E-state index contributed by atoms with van der Waals surface area (Å²) in [5, 5.41) is 10.3. The highest BCUT2D eigenvalue weighted by molar-refractivity contribution is 5.94. The van der Waals surface area contributed by atoms with Gasteiger partial charge in [0.15, 0.2) is 0 Å². The van der Waals surface area contributed by atoms with E-state index >= 15 is 0 Å². The molecule has 0 aromatic heterocycles. The highest BCUT2D eigenvalue weighted by Crippen LogP contribution is 2.65. The van der Waals surface area contributed by atoms with Gasteiger partial charge in [0.2, 0.25) is 5.60 Å². The molecule has 0 N–H and O–H groups in total. The molecule has 2 aliphatic rings. The molecule has 6 nitrogen and oxygen atoms in total. The highest BCUT2D eigenvalue weighted by Gasteiger charge is 2.76. The molecule has 0 spiro atoms. The Hall–Kier alpha value is -1.59. The van der Waals surface area contributed by atoms with Crippen LogP contribution in [0.1, 0.15) is 33.6 Å². The minimum atomic E-state index is -1.48. The van der Waals surface area contributed by atoms with Crippen LogP contribution >= 0.6 is 0 Å². The molecule has 2 fully saturated rings. The Morgan fingerprint density at radius 2 is 1.94 bits per heavy atom. The molecule has 6 heteroatoms. The van der Waals surface area contributed by atoms with Gasteiger partial charge in [-0.2, -0.15) is 0 Å². The van der Waals surface area contributed by atoms with E-state index in [-0.39, 0.29) is 0 Å². The first-order valence-corrected chi connectivity index (χ1v) is 5.78. The van der Waals surface area contributed by atoms with Crippen molar-refractivity contribution >= 4 is 17.9 Å². The third kappa shape index (κ3) is 1.26. The van der Waals surface area contributed by atoms with Crippen molar-refractivity contribution in [2.45, 2.75) is 39.2 Å². The Balaban J connectivity index is 2.30. The molecule has 0 aromatic rings. The second-order valence-corrected chi connectivity index (χ2v) is 5.62. The lowest BCUT2D eigenvalue weighted by atomic mass is 9.66. The Morgan fingerprint density at radius 1 is 1.33 bits per heavy atom. The number of carbonyl (C=O) groups excluding carboxylic acids is 3. The Bertz CT molecular complexity index is 440. The fourth-order valence-electron chi connectivity index (χ4n) is 2.94. The molecule has 2 unspecified atom stereocenters. The van der Waals surface area contributed by atoms with Crippen LogP contribution in [-0.4, -0.2) is 30.1 Å². The molecule has 2 atom stereocenters. The Morgan fingerprint density at radius 3 is 2.33 bits per heavy atom. The van der Waals surface area contributed by atoms with Crippen LogP contribution in [0.4, 0.5) is 0 Å². The molecular formula is C12H15O6-. The summed E-state index contributed by atoms with van der Waals surface area (Å²) in [6.45, 7) is 4.47. The van der Waals surface area contributed by atoms with Gasteiger partial charge < -0.3 is 19.4 Å². The van der Waals surface area contributed by atoms with Crippen molar-refractivity contribution in [2.24, 2.45) is 10.8 Å². The predicted molar refractivity (Wildman–Crippen MR) is 55.9 cm³/mol. The number of ether oxygens (including phenoxy) is 2. The largest absolute Gasteiger partial charge is 0.546 e. The fraction of sp³-hybridized carbons (Fsp3) is 0.750. The number of aliphatic carboxylic acids is 1. The van der Waals surface area contributed by atoms with Crippen LogP contribution in [0.15, 0.2) is 0 Å². The standard InChI is InChI=1S/C12H16O6/c1-10(2)11(3)4-5-12(10,18-8(11)15)9(16)17-6-7(13)14/h4-6H2,1-3H3,(H,13,14)/p-1. The Kier molecular flexibility index (Phi) is 2.47. The lowest BCUT2D eigenvalue weighted by Gasteiger charge is -2.34. The quantitative estimate of drug-likeness (QED) is 0.625. The van der Waals surface area contributed by atoms with Crippen molar-refractivity contribution in [2.75, 3.05) is 6.61 Å². The third-order valence-electron chi connectivity index (χ3n) is 4.73. The van der Waals surface area contributed by atoms with Crippen LogP contribution in [-0.2, 0) is 23.9 Å². The average Bonchev–Trinajstić information content (AvgIpc) is 2.56. The monoisotopic (exact) mass is 255 g/mol. The van der Waals surface area contributed by atoms with E-state index in [1.807, 2.05) is 0 Å². The third-order valence-corrected chi connectivity index (χ3v) is 4.73. The van der Waals surface area contributed by atoms with Crippen molar-refractivity contribution in [3.05, 3.63) is 0 Å². The zero-order chi connectivity index (χ0) is 13.8. The minimum Gasteiger partial charge on any atom is -0.546 e. The SMILES string of the molecule is CC12CCC(C(=O)OCC(=O)[O-])(OC1=O)C2(C)C. The van der Waals surface area contributed by atoms with E-state index in [1.54, 1.807) is 20.8 Å². The summed E-state index contributed by atoms with van der Waals surface area (Å²) in [6.07, 6.45) is 0.882. The number of rotatable bonds is 3. The van der Waals surface area contributed by atoms with Crippen LogP contribution in [0.5, 0.6) is 0 Å². The maximum atomic E-state index is 12.0. The van der Waals surface area contributed by atoms with E-state index in [2.05, 4.69) is 4.74 Å². The van der Waals surface area contributed by atoms with E-state index in [0.29, 0.717) is 12.8 Å². The molecule has 1 saturated heterocycles.